The summed E-state index contributed by atoms with van der Waals surface area (Å²) in [7, 11) is -4.16. The highest BCUT2D eigenvalue weighted by molar-refractivity contribution is 7.98. The van der Waals surface area contributed by atoms with Gasteiger partial charge >= 0.3 is 0 Å². The van der Waals surface area contributed by atoms with Gasteiger partial charge in [0.25, 0.3) is 10.0 Å². The fourth-order valence-corrected chi connectivity index (χ4v) is 4.95. The molecule has 0 aromatic heterocycles. The number of hydrogen-bond donors (Lipinski definition) is 1. The lowest BCUT2D eigenvalue weighted by molar-refractivity contribution is -0.118. The summed E-state index contributed by atoms with van der Waals surface area (Å²) in [5.74, 6) is -1.81. The Labute approximate surface area is 195 Å². The number of hydrogen-bond acceptors (Lipinski definition) is 4. The van der Waals surface area contributed by atoms with E-state index in [0.29, 0.717) is 11.1 Å². The molecule has 1 aliphatic carbocycles. The lowest BCUT2D eigenvalue weighted by atomic mass is 10.0. The summed E-state index contributed by atoms with van der Waals surface area (Å²) in [6.07, 6.45) is 5.42. The number of nitrogens with one attached hydrogen (secondary N) is 1. The maximum Gasteiger partial charge on any atom is 0.264 e. The molecular formula is C25H19F2NO3S2. The van der Waals surface area contributed by atoms with Crippen molar-refractivity contribution in [2.45, 2.75) is 16.2 Å². The van der Waals surface area contributed by atoms with E-state index in [1.165, 1.54) is 12.1 Å². The van der Waals surface area contributed by atoms with Crippen molar-refractivity contribution < 1.29 is 22.0 Å². The van der Waals surface area contributed by atoms with Crippen LogP contribution in [-0.2, 0) is 14.8 Å². The van der Waals surface area contributed by atoms with E-state index in [1.807, 2.05) is 41.3 Å². The fourth-order valence-electron chi connectivity index (χ4n) is 3.55. The molecule has 0 aliphatic heterocycles. The highest BCUT2D eigenvalue weighted by Gasteiger charge is 2.24. The lowest BCUT2D eigenvalue weighted by Gasteiger charge is -2.09. The third kappa shape index (κ3) is 5.23. The molecule has 0 fully saturated rings. The van der Waals surface area contributed by atoms with Crippen LogP contribution in [0.3, 0.4) is 0 Å². The quantitative estimate of drug-likeness (QED) is 0.469. The number of halogens is 2. The van der Waals surface area contributed by atoms with Crippen LogP contribution in [0.25, 0.3) is 17.2 Å². The van der Waals surface area contributed by atoms with Crippen molar-refractivity contribution >= 4 is 44.9 Å². The highest BCUT2D eigenvalue weighted by Crippen LogP contribution is 2.38. The van der Waals surface area contributed by atoms with Gasteiger partial charge in [0.15, 0.2) is 0 Å². The first kappa shape index (κ1) is 22.9. The molecule has 0 bridgehead atoms. The summed E-state index contributed by atoms with van der Waals surface area (Å²) < 4.78 is 53.9. The molecule has 1 aliphatic rings. The van der Waals surface area contributed by atoms with Crippen molar-refractivity contribution in [3.63, 3.8) is 0 Å². The molecule has 0 saturated heterocycles. The average Bonchev–Trinajstić information content (AvgIpc) is 3.10. The predicted octanol–water partition coefficient (Wildman–Crippen LogP) is 5.52. The van der Waals surface area contributed by atoms with Crippen LogP contribution in [0.1, 0.15) is 23.1 Å². The normalized spacial score (nSPS) is 14.2. The number of amides is 1. The second-order valence-electron chi connectivity index (χ2n) is 7.39. The van der Waals surface area contributed by atoms with Crippen molar-refractivity contribution in [2.24, 2.45) is 0 Å². The SMILES string of the molecule is CSc1ccc(/C=C2\C=C(CC(=O)NS(=O)(=O)c3ccc(F)cc3)c3cc(F)ccc32)cc1. The maximum absolute atomic E-state index is 14.0. The number of carbonyl (C=O) groups excluding carboxylic acids is 1. The molecule has 3 aromatic carbocycles. The monoisotopic (exact) mass is 483 g/mol. The second kappa shape index (κ2) is 9.33. The van der Waals surface area contributed by atoms with E-state index < -0.39 is 27.6 Å². The Morgan fingerprint density at radius 1 is 0.939 bits per heavy atom. The molecule has 0 atom stereocenters. The lowest BCUT2D eigenvalue weighted by Crippen LogP contribution is -2.30. The van der Waals surface area contributed by atoms with E-state index in [4.69, 9.17) is 0 Å². The summed E-state index contributed by atoms with van der Waals surface area (Å²) in [5.41, 5.74) is 3.54. The smallest absolute Gasteiger partial charge is 0.264 e. The molecule has 4 rings (SSSR count). The topological polar surface area (TPSA) is 63.2 Å². The molecule has 0 heterocycles. The number of fused-ring (bicyclic) bond motifs is 1. The van der Waals surface area contributed by atoms with Crippen LogP contribution in [0.2, 0.25) is 0 Å². The molecule has 168 valence electrons. The number of carbonyl (C=O) groups is 1. The first-order valence-electron chi connectivity index (χ1n) is 9.93. The van der Waals surface area contributed by atoms with E-state index >= 15 is 0 Å². The average molecular weight is 484 g/mol. The minimum absolute atomic E-state index is 0.224. The number of benzene rings is 3. The Hall–Kier alpha value is -3.23. The van der Waals surface area contributed by atoms with Gasteiger partial charge in [0, 0.05) is 4.90 Å². The third-order valence-corrected chi connectivity index (χ3v) is 7.26. The Morgan fingerprint density at radius 2 is 1.61 bits per heavy atom. The molecule has 3 aromatic rings. The molecule has 0 spiro atoms. The zero-order valence-electron chi connectivity index (χ0n) is 17.5. The van der Waals surface area contributed by atoms with Gasteiger partial charge in [-0.2, -0.15) is 0 Å². The van der Waals surface area contributed by atoms with E-state index in [0.717, 1.165) is 45.9 Å². The minimum atomic E-state index is -4.16. The first-order chi connectivity index (χ1) is 15.7. The number of thioether (sulfide) groups is 1. The summed E-state index contributed by atoms with van der Waals surface area (Å²) >= 11 is 1.63. The third-order valence-electron chi connectivity index (χ3n) is 5.13. The molecule has 0 radical (unpaired) electrons. The maximum atomic E-state index is 14.0. The van der Waals surface area contributed by atoms with Crippen molar-refractivity contribution in [3.8, 4) is 0 Å². The molecule has 33 heavy (non-hydrogen) atoms. The van der Waals surface area contributed by atoms with Gasteiger partial charge in [-0.25, -0.2) is 21.9 Å². The second-order valence-corrected chi connectivity index (χ2v) is 9.95. The molecule has 0 saturated carbocycles. The Morgan fingerprint density at radius 3 is 2.27 bits per heavy atom. The number of rotatable bonds is 6. The van der Waals surface area contributed by atoms with Gasteiger partial charge in [0.05, 0.1) is 11.3 Å². The largest absolute Gasteiger partial charge is 0.274 e. The van der Waals surface area contributed by atoms with Gasteiger partial charge in [0.1, 0.15) is 11.6 Å². The summed E-state index contributed by atoms with van der Waals surface area (Å²) in [5, 5.41) is 0. The number of allylic oxidation sites excluding steroid dienone is 2. The van der Waals surface area contributed by atoms with Crippen molar-refractivity contribution in [2.75, 3.05) is 6.26 Å². The first-order valence-corrected chi connectivity index (χ1v) is 12.6. The zero-order valence-corrected chi connectivity index (χ0v) is 19.1. The molecular weight excluding hydrogens is 464 g/mol. The molecule has 0 unspecified atom stereocenters. The molecule has 1 N–H and O–H groups in total. The van der Waals surface area contributed by atoms with Crippen LogP contribution >= 0.6 is 11.8 Å². The zero-order chi connectivity index (χ0) is 23.6. The summed E-state index contributed by atoms with van der Waals surface area (Å²) in [6.45, 7) is 0. The number of sulfonamides is 1. The standard InChI is InChI=1S/C25H19F2NO3S2/c1-32-21-7-2-16(3-8-21)12-17-13-18(24-15-20(27)6-11-23(17)24)14-25(29)28-33(30,31)22-9-4-19(26)5-10-22/h2-13,15H,14H2,1H3,(H,28,29)/b17-12+. The fraction of sp³-hybridized carbons (Fsp3) is 0.0800. The van der Waals surface area contributed by atoms with Crippen LogP contribution < -0.4 is 4.72 Å². The van der Waals surface area contributed by atoms with Gasteiger partial charge in [-0.1, -0.05) is 18.2 Å². The van der Waals surface area contributed by atoms with Gasteiger partial charge < -0.3 is 0 Å². The molecule has 8 heteroatoms. The van der Waals surface area contributed by atoms with Gasteiger partial charge in [-0.3, -0.25) is 4.79 Å². The summed E-state index contributed by atoms with van der Waals surface area (Å²) in [6, 6.07) is 16.4. The van der Waals surface area contributed by atoms with Gasteiger partial charge in [-0.05, 0) is 94.8 Å². The van der Waals surface area contributed by atoms with Crippen LogP contribution in [0.4, 0.5) is 8.78 Å². The van der Waals surface area contributed by atoms with Crippen molar-refractivity contribution in [1.82, 2.24) is 4.72 Å². The van der Waals surface area contributed by atoms with Crippen LogP contribution in [0, 0.1) is 11.6 Å². The van der Waals surface area contributed by atoms with Crippen LogP contribution in [0.15, 0.2) is 82.6 Å². The summed E-state index contributed by atoms with van der Waals surface area (Å²) in [4.78, 5) is 13.5. The predicted molar refractivity (Wildman–Crippen MR) is 127 cm³/mol. The van der Waals surface area contributed by atoms with Gasteiger partial charge in [-0.15, -0.1) is 11.8 Å². The van der Waals surface area contributed by atoms with E-state index in [-0.39, 0.29) is 11.3 Å². The van der Waals surface area contributed by atoms with E-state index in [2.05, 4.69) is 0 Å². The minimum Gasteiger partial charge on any atom is -0.274 e. The Kier molecular flexibility index (Phi) is 6.49. The molecule has 4 nitrogen and oxygen atoms in total. The molecule has 1 amide bonds. The van der Waals surface area contributed by atoms with Crippen molar-refractivity contribution in [1.29, 1.82) is 0 Å². The van der Waals surface area contributed by atoms with Crippen molar-refractivity contribution in [3.05, 3.63) is 101 Å². The van der Waals surface area contributed by atoms with E-state index in [9.17, 15) is 22.0 Å². The van der Waals surface area contributed by atoms with Gasteiger partial charge in [0.2, 0.25) is 5.91 Å². The highest BCUT2D eigenvalue weighted by atomic mass is 32.2. The van der Waals surface area contributed by atoms with Crippen LogP contribution in [-0.4, -0.2) is 20.6 Å². The van der Waals surface area contributed by atoms with Crippen LogP contribution in [0.5, 0.6) is 0 Å². The van der Waals surface area contributed by atoms with E-state index in [1.54, 1.807) is 23.9 Å². The Balaban J connectivity index is 1.60. The Bertz CT molecular complexity index is 1380.